The van der Waals surface area contributed by atoms with E-state index in [1.54, 1.807) is 18.2 Å². The van der Waals surface area contributed by atoms with Gasteiger partial charge in [0.05, 0.1) is 17.3 Å². The van der Waals surface area contributed by atoms with Gasteiger partial charge in [-0.25, -0.2) is 9.78 Å². The maximum atomic E-state index is 11.1. The molecule has 0 radical (unpaired) electrons. The zero-order chi connectivity index (χ0) is 13.3. The molecule has 2 rings (SSSR count). The van der Waals surface area contributed by atoms with Gasteiger partial charge in [0.15, 0.2) is 11.2 Å². The highest BCUT2D eigenvalue weighted by atomic mass is 32.1. The van der Waals surface area contributed by atoms with Gasteiger partial charge in [-0.2, -0.15) is 0 Å². The van der Waals surface area contributed by atoms with Crippen molar-refractivity contribution in [2.24, 2.45) is 0 Å². The summed E-state index contributed by atoms with van der Waals surface area (Å²) in [6.07, 6.45) is -2.96. The molecule has 1 aromatic carbocycles. The second-order valence-electron chi connectivity index (χ2n) is 3.69. The van der Waals surface area contributed by atoms with E-state index in [2.05, 4.69) is 9.72 Å². The fourth-order valence-electron chi connectivity index (χ4n) is 1.57. The zero-order valence-corrected chi connectivity index (χ0v) is 10.3. The van der Waals surface area contributed by atoms with Crippen molar-refractivity contribution in [3.05, 3.63) is 23.8 Å². The zero-order valence-electron chi connectivity index (χ0n) is 9.53. The maximum Gasteiger partial charge on any atom is 0.337 e. The molecule has 1 aromatic heterocycles. The summed E-state index contributed by atoms with van der Waals surface area (Å²) in [6.45, 7) is 0. The Morgan fingerprint density at radius 3 is 2.89 bits per heavy atom. The second kappa shape index (κ2) is 4.89. The Balaban J connectivity index is 2.32. The minimum absolute atomic E-state index is 0.407. The number of methoxy groups -OCH3 is 1. The summed E-state index contributed by atoms with van der Waals surface area (Å²) < 4.78 is 5.15. The first-order chi connectivity index (χ1) is 8.52. The van der Waals surface area contributed by atoms with E-state index in [-0.39, 0.29) is 0 Å². The maximum absolute atomic E-state index is 11.1. The van der Waals surface area contributed by atoms with Crippen molar-refractivity contribution in [1.82, 2.24) is 4.98 Å². The molecule has 96 valence electrons. The summed E-state index contributed by atoms with van der Waals surface area (Å²) in [7, 11) is 1.14. The summed E-state index contributed by atoms with van der Waals surface area (Å²) >= 11 is 1.27. The van der Waals surface area contributed by atoms with Crippen molar-refractivity contribution >= 4 is 32.7 Å². The number of aromatic nitrogens is 1. The molecule has 6 nitrogen and oxygen atoms in total. The van der Waals surface area contributed by atoms with Crippen LogP contribution in [0.2, 0.25) is 0 Å². The Labute approximate surface area is 107 Å². The lowest BCUT2D eigenvalue weighted by molar-refractivity contribution is -0.156. The molecule has 0 aliphatic heterocycles. The third-order valence-corrected chi connectivity index (χ3v) is 3.36. The lowest BCUT2D eigenvalue weighted by Crippen LogP contribution is -2.28. The van der Waals surface area contributed by atoms with E-state index in [0.717, 1.165) is 11.8 Å². The van der Waals surface area contributed by atoms with E-state index < -0.39 is 18.2 Å². The molecule has 0 saturated heterocycles. The number of ether oxygens (including phenoxy) is 1. The number of hydrogen-bond acceptors (Lipinski definition) is 7. The third kappa shape index (κ3) is 2.28. The number of carbonyl (C=O) groups is 1. The van der Waals surface area contributed by atoms with Crippen LogP contribution in [-0.2, 0) is 9.53 Å². The number of nitrogen functional groups attached to an aromatic ring is 1. The standard InChI is InChI=1S/C11H12N2O4S/c1-17-10(16)9(15)8(14)5-2-3-6-7(4-5)18-11(12)13-6/h2-4,8-9,14-15H,1H3,(H2,12,13). The van der Waals surface area contributed by atoms with E-state index in [0.29, 0.717) is 16.2 Å². The molecule has 0 aliphatic carbocycles. The number of nitrogens with zero attached hydrogens (tertiary/aromatic N) is 1. The van der Waals surface area contributed by atoms with Gasteiger partial charge in [0.1, 0.15) is 6.10 Å². The number of thiazole rings is 1. The Morgan fingerprint density at radius 2 is 2.22 bits per heavy atom. The van der Waals surface area contributed by atoms with Crippen molar-refractivity contribution in [1.29, 1.82) is 0 Å². The van der Waals surface area contributed by atoms with E-state index in [1.165, 1.54) is 11.3 Å². The third-order valence-electron chi connectivity index (χ3n) is 2.51. The van der Waals surface area contributed by atoms with Crippen LogP contribution in [0.15, 0.2) is 18.2 Å². The SMILES string of the molecule is COC(=O)C(O)C(O)c1ccc2nc(N)sc2c1. The summed E-state index contributed by atoms with van der Waals surface area (Å²) in [4.78, 5) is 15.2. The number of nitrogens with two attached hydrogens (primary N) is 1. The monoisotopic (exact) mass is 268 g/mol. The molecule has 2 atom stereocenters. The van der Waals surface area contributed by atoms with E-state index in [9.17, 15) is 15.0 Å². The largest absolute Gasteiger partial charge is 0.467 e. The van der Waals surface area contributed by atoms with Crippen LogP contribution in [0.4, 0.5) is 5.13 Å². The van der Waals surface area contributed by atoms with Crippen LogP contribution in [0.5, 0.6) is 0 Å². The van der Waals surface area contributed by atoms with Crippen LogP contribution < -0.4 is 5.73 Å². The molecule has 0 fully saturated rings. The van der Waals surface area contributed by atoms with Crippen molar-refractivity contribution in [2.45, 2.75) is 12.2 Å². The number of esters is 1. The summed E-state index contributed by atoms with van der Waals surface area (Å²) in [5, 5.41) is 19.8. The predicted octanol–water partition coefficient (Wildman–Crippen LogP) is 0.446. The van der Waals surface area contributed by atoms with E-state index in [1.807, 2.05) is 0 Å². The highest BCUT2D eigenvalue weighted by Crippen LogP contribution is 2.28. The average Bonchev–Trinajstić information content (AvgIpc) is 2.74. The molecular weight excluding hydrogens is 256 g/mol. The minimum Gasteiger partial charge on any atom is -0.467 e. The highest BCUT2D eigenvalue weighted by molar-refractivity contribution is 7.22. The van der Waals surface area contributed by atoms with E-state index in [4.69, 9.17) is 5.73 Å². The van der Waals surface area contributed by atoms with Crippen molar-refractivity contribution in [3.63, 3.8) is 0 Å². The average molecular weight is 268 g/mol. The number of aliphatic hydroxyl groups excluding tert-OH is 2. The summed E-state index contributed by atoms with van der Waals surface area (Å²) in [6, 6.07) is 4.89. The quantitative estimate of drug-likeness (QED) is 0.698. The normalized spacial score (nSPS) is 14.4. The molecule has 7 heteroatoms. The number of fused-ring (bicyclic) bond motifs is 1. The van der Waals surface area contributed by atoms with Crippen LogP contribution in [0.3, 0.4) is 0 Å². The predicted molar refractivity (Wildman–Crippen MR) is 67.0 cm³/mol. The van der Waals surface area contributed by atoms with E-state index >= 15 is 0 Å². The van der Waals surface area contributed by atoms with Gasteiger partial charge in [0, 0.05) is 0 Å². The van der Waals surface area contributed by atoms with Crippen LogP contribution in [0.1, 0.15) is 11.7 Å². The molecule has 0 bridgehead atoms. The fourth-order valence-corrected chi connectivity index (χ4v) is 2.36. The highest BCUT2D eigenvalue weighted by Gasteiger charge is 2.26. The molecular formula is C11H12N2O4S. The fraction of sp³-hybridized carbons (Fsp3) is 0.273. The molecule has 18 heavy (non-hydrogen) atoms. The molecule has 2 unspecified atom stereocenters. The molecule has 2 aromatic rings. The molecule has 1 heterocycles. The lowest BCUT2D eigenvalue weighted by atomic mass is 10.0. The number of aliphatic hydroxyl groups is 2. The Morgan fingerprint density at radius 1 is 1.50 bits per heavy atom. The second-order valence-corrected chi connectivity index (χ2v) is 4.75. The number of carbonyl (C=O) groups excluding carboxylic acids is 1. The first-order valence-electron chi connectivity index (χ1n) is 5.13. The van der Waals surface area contributed by atoms with Crippen molar-refractivity contribution in [3.8, 4) is 0 Å². The van der Waals surface area contributed by atoms with Gasteiger partial charge in [0.25, 0.3) is 0 Å². The van der Waals surface area contributed by atoms with Gasteiger partial charge < -0.3 is 20.7 Å². The van der Waals surface area contributed by atoms with Crippen LogP contribution in [0.25, 0.3) is 10.2 Å². The van der Waals surface area contributed by atoms with Crippen molar-refractivity contribution in [2.75, 3.05) is 12.8 Å². The van der Waals surface area contributed by atoms with Crippen LogP contribution in [-0.4, -0.2) is 34.4 Å². The molecule has 0 spiro atoms. The summed E-state index contributed by atoms with van der Waals surface area (Å²) in [5.41, 5.74) is 6.68. The number of benzene rings is 1. The van der Waals surface area contributed by atoms with Crippen LogP contribution >= 0.6 is 11.3 Å². The van der Waals surface area contributed by atoms with Gasteiger partial charge in [-0.05, 0) is 17.7 Å². The molecule has 0 aliphatic rings. The Kier molecular flexibility index (Phi) is 3.46. The molecule has 0 amide bonds. The van der Waals surface area contributed by atoms with Gasteiger partial charge in [-0.15, -0.1) is 0 Å². The van der Waals surface area contributed by atoms with Gasteiger partial charge in [-0.3, -0.25) is 0 Å². The number of hydrogen-bond donors (Lipinski definition) is 3. The topological polar surface area (TPSA) is 106 Å². The van der Waals surface area contributed by atoms with Gasteiger partial charge in [-0.1, -0.05) is 17.4 Å². The smallest absolute Gasteiger partial charge is 0.337 e. The minimum atomic E-state index is -1.61. The number of anilines is 1. The molecule has 4 N–H and O–H groups in total. The first kappa shape index (κ1) is 12.7. The van der Waals surface area contributed by atoms with Gasteiger partial charge >= 0.3 is 5.97 Å². The van der Waals surface area contributed by atoms with Gasteiger partial charge in [0.2, 0.25) is 0 Å². The lowest BCUT2D eigenvalue weighted by Gasteiger charge is -2.15. The first-order valence-corrected chi connectivity index (χ1v) is 5.94. The molecule has 0 saturated carbocycles. The number of rotatable bonds is 3. The Bertz CT molecular complexity index is 583. The van der Waals surface area contributed by atoms with Crippen LogP contribution in [0, 0.1) is 0 Å². The van der Waals surface area contributed by atoms with Crippen molar-refractivity contribution < 1.29 is 19.7 Å². The summed E-state index contributed by atoms with van der Waals surface area (Å²) in [5.74, 6) is -0.883. The Hall–Kier alpha value is -1.70.